The summed E-state index contributed by atoms with van der Waals surface area (Å²) in [5.41, 5.74) is 2.10. The number of benzene rings is 3. The highest BCUT2D eigenvalue weighted by Gasteiger charge is 2.16. The minimum absolute atomic E-state index is 0.0286. The van der Waals surface area contributed by atoms with E-state index in [9.17, 15) is 9.59 Å². The van der Waals surface area contributed by atoms with E-state index in [-0.39, 0.29) is 12.2 Å². The van der Waals surface area contributed by atoms with E-state index in [1.54, 1.807) is 48.5 Å². The van der Waals surface area contributed by atoms with E-state index < -0.39 is 12.1 Å². The molecule has 0 fully saturated rings. The zero-order valence-corrected chi connectivity index (χ0v) is 17.2. The molecule has 6 nitrogen and oxygen atoms in total. The lowest BCUT2D eigenvalue weighted by molar-refractivity contribution is -0.148. The SMILES string of the molecule is CO[C@@H](Cc1ccc(OCCOc2ccc(C(=O)c3ccccc3)cc2)cc1)C(=O)O. The first-order valence-corrected chi connectivity index (χ1v) is 9.87. The van der Waals surface area contributed by atoms with Crippen LogP contribution in [0.3, 0.4) is 0 Å². The Bertz CT molecular complexity index is 981. The maximum atomic E-state index is 12.4. The van der Waals surface area contributed by atoms with Crippen LogP contribution in [0.25, 0.3) is 0 Å². The third-order valence-corrected chi connectivity index (χ3v) is 4.68. The molecule has 3 aromatic rings. The number of ether oxygens (including phenoxy) is 3. The van der Waals surface area contributed by atoms with E-state index in [0.29, 0.717) is 35.8 Å². The van der Waals surface area contributed by atoms with Crippen LogP contribution in [-0.2, 0) is 16.0 Å². The summed E-state index contributed by atoms with van der Waals surface area (Å²) in [6.45, 7) is 0.693. The van der Waals surface area contributed by atoms with Crippen molar-refractivity contribution in [2.45, 2.75) is 12.5 Å². The Labute approximate surface area is 181 Å². The van der Waals surface area contributed by atoms with Crippen molar-refractivity contribution in [2.24, 2.45) is 0 Å². The van der Waals surface area contributed by atoms with Gasteiger partial charge in [-0.2, -0.15) is 0 Å². The molecule has 0 aliphatic heterocycles. The first kappa shape index (κ1) is 22.1. The van der Waals surface area contributed by atoms with Gasteiger partial charge in [-0.1, -0.05) is 42.5 Å². The van der Waals surface area contributed by atoms with Crippen LogP contribution in [0, 0.1) is 0 Å². The van der Waals surface area contributed by atoms with E-state index in [1.165, 1.54) is 7.11 Å². The molecule has 0 aliphatic carbocycles. The molecular weight excluding hydrogens is 396 g/mol. The van der Waals surface area contributed by atoms with Gasteiger partial charge in [-0.3, -0.25) is 4.79 Å². The average Bonchev–Trinajstić information content (AvgIpc) is 2.81. The summed E-state index contributed by atoms with van der Waals surface area (Å²) in [4.78, 5) is 23.4. The number of hydrogen-bond donors (Lipinski definition) is 1. The quantitative estimate of drug-likeness (QED) is 0.373. The van der Waals surface area contributed by atoms with Gasteiger partial charge in [0.2, 0.25) is 0 Å². The van der Waals surface area contributed by atoms with E-state index in [1.807, 2.05) is 30.3 Å². The summed E-state index contributed by atoms with van der Waals surface area (Å²) in [6, 6.07) is 23.3. The molecule has 0 spiro atoms. The highest BCUT2D eigenvalue weighted by atomic mass is 16.5. The number of carbonyl (C=O) groups is 2. The van der Waals surface area contributed by atoms with Gasteiger partial charge in [-0.15, -0.1) is 0 Å². The fourth-order valence-electron chi connectivity index (χ4n) is 2.99. The molecule has 0 radical (unpaired) electrons. The Hall–Kier alpha value is -3.64. The summed E-state index contributed by atoms with van der Waals surface area (Å²) >= 11 is 0. The Morgan fingerprint density at radius 2 is 1.29 bits per heavy atom. The summed E-state index contributed by atoms with van der Waals surface area (Å²) in [7, 11) is 1.38. The van der Waals surface area contributed by atoms with Crippen LogP contribution in [0.4, 0.5) is 0 Å². The number of hydrogen-bond acceptors (Lipinski definition) is 5. The van der Waals surface area contributed by atoms with Gasteiger partial charge < -0.3 is 19.3 Å². The third-order valence-electron chi connectivity index (χ3n) is 4.68. The minimum atomic E-state index is -0.988. The molecule has 3 aromatic carbocycles. The number of methoxy groups -OCH3 is 1. The molecule has 1 N–H and O–H groups in total. The first-order chi connectivity index (χ1) is 15.1. The molecule has 3 rings (SSSR count). The second kappa shape index (κ2) is 10.9. The van der Waals surface area contributed by atoms with Crippen molar-refractivity contribution in [1.82, 2.24) is 0 Å². The summed E-state index contributed by atoms with van der Waals surface area (Å²) in [5, 5.41) is 9.04. The smallest absolute Gasteiger partial charge is 0.333 e. The van der Waals surface area contributed by atoms with Gasteiger partial charge in [0.05, 0.1) is 0 Å². The van der Waals surface area contributed by atoms with Crippen molar-refractivity contribution < 1.29 is 28.9 Å². The topological polar surface area (TPSA) is 82.1 Å². The van der Waals surface area contributed by atoms with Gasteiger partial charge >= 0.3 is 5.97 Å². The highest BCUT2D eigenvalue weighted by Crippen LogP contribution is 2.17. The van der Waals surface area contributed by atoms with Gasteiger partial charge in [-0.05, 0) is 42.0 Å². The molecule has 1 atom stereocenters. The van der Waals surface area contributed by atoms with Crippen LogP contribution in [0.15, 0.2) is 78.9 Å². The Kier molecular flexibility index (Phi) is 7.79. The lowest BCUT2D eigenvalue weighted by Gasteiger charge is -2.11. The maximum Gasteiger partial charge on any atom is 0.333 e. The molecule has 0 saturated heterocycles. The van der Waals surface area contributed by atoms with Gasteiger partial charge in [0.15, 0.2) is 11.9 Å². The molecule has 0 saturated carbocycles. The zero-order valence-electron chi connectivity index (χ0n) is 17.2. The van der Waals surface area contributed by atoms with Crippen LogP contribution in [0.5, 0.6) is 11.5 Å². The van der Waals surface area contributed by atoms with Crippen LogP contribution < -0.4 is 9.47 Å². The molecular formula is C25H24O6. The van der Waals surface area contributed by atoms with E-state index >= 15 is 0 Å². The Morgan fingerprint density at radius 1 is 0.774 bits per heavy atom. The molecule has 31 heavy (non-hydrogen) atoms. The maximum absolute atomic E-state index is 12.4. The number of aliphatic carboxylic acids is 1. The second-order valence-corrected chi connectivity index (χ2v) is 6.83. The lowest BCUT2D eigenvalue weighted by Crippen LogP contribution is -2.24. The third kappa shape index (κ3) is 6.42. The van der Waals surface area contributed by atoms with Gasteiger partial charge in [0.25, 0.3) is 0 Å². The monoisotopic (exact) mass is 420 g/mol. The number of ketones is 1. The largest absolute Gasteiger partial charge is 0.490 e. The van der Waals surface area contributed by atoms with Crippen LogP contribution in [-0.4, -0.2) is 43.3 Å². The van der Waals surface area contributed by atoms with E-state index in [0.717, 1.165) is 5.56 Å². The summed E-state index contributed by atoms with van der Waals surface area (Å²) < 4.78 is 16.3. The van der Waals surface area contributed by atoms with Crippen molar-refractivity contribution in [3.05, 3.63) is 95.6 Å². The standard InChI is InChI=1S/C25H24O6/c1-29-23(25(27)28)17-18-7-11-21(12-8-18)30-15-16-31-22-13-9-20(10-14-22)24(26)19-5-3-2-4-6-19/h2-14,23H,15-17H2,1H3,(H,27,28)/t23-/m0/s1. The summed E-state index contributed by atoms with van der Waals surface area (Å²) in [5.74, 6) is 0.305. The number of rotatable bonds is 11. The molecule has 6 heteroatoms. The summed E-state index contributed by atoms with van der Waals surface area (Å²) in [6.07, 6.45) is -0.576. The Balaban J connectivity index is 1.43. The minimum Gasteiger partial charge on any atom is -0.490 e. The van der Waals surface area contributed by atoms with Crippen LogP contribution in [0.2, 0.25) is 0 Å². The number of carboxylic acid groups (broad SMARTS) is 1. The molecule has 0 unspecified atom stereocenters. The van der Waals surface area contributed by atoms with Gasteiger partial charge in [0, 0.05) is 24.7 Å². The van der Waals surface area contributed by atoms with Gasteiger partial charge in [-0.25, -0.2) is 4.79 Å². The van der Waals surface area contributed by atoms with Crippen molar-refractivity contribution in [3.63, 3.8) is 0 Å². The molecule has 0 amide bonds. The zero-order chi connectivity index (χ0) is 22.1. The van der Waals surface area contributed by atoms with E-state index in [2.05, 4.69) is 0 Å². The fraction of sp³-hybridized carbons (Fsp3) is 0.200. The van der Waals surface area contributed by atoms with Crippen molar-refractivity contribution in [2.75, 3.05) is 20.3 Å². The van der Waals surface area contributed by atoms with E-state index in [4.69, 9.17) is 19.3 Å². The predicted octanol–water partition coefficient (Wildman–Crippen LogP) is 4.02. The molecule has 0 heterocycles. The fourth-order valence-corrected chi connectivity index (χ4v) is 2.99. The van der Waals surface area contributed by atoms with Crippen molar-refractivity contribution in [1.29, 1.82) is 0 Å². The van der Waals surface area contributed by atoms with Crippen LogP contribution in [0.1, 0.15) is 21.5 Å². The normalized spacial score (nSPS) is 11.5. The molecule has 0 bridgehead atoms. The predicted molar refractivity (Wildman–Crippen MR) is 116 cm³/mol. The second-order valence-electron chi connectivity index (χ2n) is 6.83. The molecule has 0 aromatic heterocycles. The Morgan fingerprint density at radius 3 is 1.81 bits per heavy atom. The van der Waals surface area contributed by atoms with Crippen molar-refractivity contribution in [3.8, 4) is 11.5 Å². The highest BCUT2D eigenvalue weighted by molar-refractivity contribution is 6.08. The van der Waals surface area contributed by atoms with Crippen LogP contribution >= 0.6 is 0 Å². The number of carbonyl (C=O) groups excluding carboxylic acids is 1. The average molecular weight is 420 g/mol. The first-order valence-electron chi connectivity index (χ1n) is 9.87. The lowest BCUT2D eigenvalue weighted by atomic mass is 10.0. The van der Waals surface area contributed by atoms with Crippen molar-refractivity contribution >= 4 is 11.8 Å². The number of carboxylic acids is 1. The van der Waals surface area contributed by atoms with Gasteiger partial charge in [0.1, 0.15) is 24.7 Å². The molecule has 0 aliphatic rings. The molecule has 160 valence electrons.